The second-order valence-electron chi connectivity index (χ2n) is 4.34. The van der Waals surface area contributed by atoms with E-state index in [0.717, 1.165) is 37.9 Å². The largest absolute Gasteiger partial charge is 0.417 e. The molecule has 0 amide bonds. The Morgan fingerprint density at radius 3 is 2.44 bits per heavy atom. The topological polar surface area (TPSA) is 12.9 Å². The number of hydrogen-bond acceptors (Lipinski definition) is 1. The molecule has 0 saturated carbocycles. The molecule has 5 heteroatoms. The van der Waals surface area contributed by atoms with E-state index < -0.39 is 11.7 Å². The number of hydrogen-bond donors (Lipinski definition) is 0. The molecule has 1 unspecified atom stereocenters. The van der Waals surface area contributed by atoms with Gasteiger partial charge in [-0.15, -0.1) is 0 Å². The lowest BCUT2D eigenvalue weighted by molar-refractivity contribution is -0.137. The van der Waals surface area contributed by atoms with E-state index in [4.69, 9.17) is 11.6 Å². The van der Waals surface area contributed by atoms with Crippen molar-refractivity contribution in [2.75, 3.05) is 0 Å². The molecule has 102 valence electrons. The lowest BCUT2D eigenvalue weighted by Crippen LogP contribution is -2.08. The minimum absolute atomic E-state index is 0.118. The van der Waals surface area contributed by atoms with E-state index in [0.29, 0.717) is 5.69 Å². The van der Waals surface area contributed by atoms with Crippen LogP contribution >= 0.6 is 11.6 Å². The zero-order valence-electron chi connectivity index (χ0n) is 10.5. The second kappa shape index (κ2) is 6.41. The monoisotopic (exact) mass is 279 g/mol. The first-order chi connectivity index (χ1) is 8.40. The van der Waals surface area contributed by atoms with Gasteiger partial charge in [0.2, 0.25) is 0 Å². The van der Waals surface area contributed by atoms with Crippen LogP contribution in [0.3, 0.4) is 0 Å². The van der Waals surface area contributed by atoms with Crippen LogP contribution in [0.15, 0.2) is 12.3 Å². The van der Waals surface area contributed by atoms with Crippen molar-refractivity contribution in [3.8, 4) is 0 Å². The number of pyridine rings is 1. The average Bonchev–Trinajstić information content (AvgIpc) is 2.30. The zero-order chi connectivity index (χ0) is 13.8. The van der Waals surface area contributed by atoms with Crippen LogP contribution in [-0.4, -0.2) is 4.98 Å². The molecule has 1 rings (SSSR count). The molecule has 1 heterocycles. The van der Waals surface area contributed by atoms with Gasteiger partial charge in [0, 0.05) is 12.1 Å². The Morgan fingerprint density at radius 2 is 2.00 bits per heavy atom. The van der Waals surface area contributed by atoms with Crippen LogP contribution in [0.4, 0.5) is 13.2 Å². The first-order valence-electron chi connectivity index (χ1n) is 6.12. The predicted molar refractivity (Wildman–Crippen MR) is 66.8 cm³/mol. The molecule has 0 fully saturated rings. The summed E-state index contributed by atoms with van der Waals surface area (Å²) in [6.45, 7) is 4.07. The Labute approximate surface area is 110 Å². The molecule has 18 heavy (non-hydrogen) atoms. The second-order valence-corrected chi connectivity index (χ2v) is 4.74. The maximum absolute atomic E-state index is 12.5. The summed E-state index contributed by atoms with van der Waals surface area (Å²) in [5.41, 5.74) is -0.206. The van der Waals surface area contributed by atoms with Gasteiger partial charge in [-0.2, -0.15) is 13.2 Å². The van der Waals surface area contributed by atoms with Crippen molar-refractivity contribution in [3.63, 3.8) is 0 Å². The molecule has 0 bridgehead atoms. The third-order valence-electron chi connectivity index (χ3n) is 2.98. The third kappa shape index (κ3) is 3.87. The van der Waals surface area contributed by atoms with Gasteiger partial charge < -0.3 is 0 Å². The van der Waals surface area contributed by atoms with Crippen LogP contribution in [0.2, 0.25) is 5.02 Å². The highest BCUT2D eigenvalue weighted by molar-refractivity contribution is 6.31. The van der Waals surface area contributed by atoms with Gasteiger partial charge in [-0.05, 0) is 18.9 Å². The summed E-state index contributed by atoms with van der Waals surface area (Å²) < 4.78 is 37.5. The van der Waals surface area contributed by atoms with Gasteiger partial charge in [0.1, 0.15) is 0 Å². The van der Waals surface area contributed by atoms with E-state index in [2.05, 4.69) is 11.9 Å². The molecule has 0 radical (unpaired) electrons. The third-order valence-corrected chi connectivity index (χ3v) is 3.29. The van der Waals surface area contributed by atoms with Gasteiger partial charge in [-0.3, -0.25) is 4.98 Å². The highest BCUT2D eigenvalue weighted by Gasteiger charge is 2.32. The number of nitrogens with zero attached hydrogens (tertiary/aromatic N) is 1. The Hall–Kier alpha value is -0.770. The van der Waals surface area contributed by atoms with Crippen LogP contribution in [0, 0.1) is 0 Å². The molecule has 1 nitrogen and oxygen atoms in total. The van der Waals surface area contributed by atoms with Gasteiger partial charge in [-0.25, -0.2) is 0 Å². The van der Waals surface area contributed by atoms with Crippen molar-refractivity contribution in [1.29, 1.82) is 0 Å². The number of halogens is 4. The van der Waals surface area contributed by atoms with Crippen molar-refractivity contribution < 1.29 is 13.2 Å². The number of unbranched alkanes of at least 4 members (excludes halogenated alkanes) is 1. The molecule has 0 aliphatic carbocycles. The SMILES string of the molecule is CCCCC(CC)c1ncc(C(F)(F)F)cc1Cl. The Morgan fingerprint density at radius 1 is 1.33 bits per heavy atom. The molecule has 0 aromatic carbocycles. The summed E-state index contributed by atoms with van der Waals surface area (Å²) in [4.78, 5) is 3.92. The summed E-state index contributed by atoms with van der Waals surface area (Å²) in [7, 11) is 0. The van der Waals surface area contributed by atoms with E-state index in [1.54, 1.807) is 0 Å². The molecule has 0 aliphatic rings. The average molecular weight is 280 g/mol. The molecular formula is C13H17ClF3N. The summed E-state index contributed by atoms with van der Waals surface area (Å²) in [6.07, 6.45) is 0.297. The molecule has 0 N–H and O–H groups in total. The number of rotatable bonds is 5. The van der Waals surface area contributed by atoms with Gasteiger partial charge in [-0.1, -0.05) is 38.3 Å². The fourth-order valence-electron chi connectivity index (χ4n) is 1.89. The van der Waals surface area contributed by atoms with Crippen LogP contribution in [-0.2, 0) is 6.18 Å². The molecule has 0 aliphatic heterocycles. The number of aromatic nitrogens is 1. The van der Waals surface area contributed by atoms with Crippen molar-refractivity contribution in [3.05, 3.63) is 28.5 Å². The maximum atomic E-state index is 12.5. The van der Waals surface area contributed by atoms with E-state index in [1.165, 1.54) is 0 Å². The fourth-order valence-corrected chi connectivity index (χ4v) is 2.21. The number of alkyl halides is 3. The van der Waals surface area contributed by atoms with Gasteiger partial charge in [0.15, 0.2) is 0 Å². The van der Waals surface area contributed by atoms with Crippen LogP contribution in [0.25, 0.3) is 0 Å². The molecule has 1 aromatic rings. The first-order valence-corrected chi connectivity index (χ1v) is 6.50. The quantitative estimate of drug-likeness (QED) is 0.699. The smallest absolute Gasteiger partial charge is 0.259 e. The minimum atomic E-state index is -4.39. The van der Waals surface area contributed by atoms with Gasteiger partial charge in [0.05, 0.1) is 16.3 Å². The molecule has 1 aromatic heterocycles. The Kier molecular flexibility index (Phi) is 5.45. The van der Waals surface area contributed by atoms with Crippen LogP contribution in [0.5, 0.6) is 0 Å². The maximum Gasteiger partial charge on any atom is 0.417 e. The van der Waals surface area contributed by atoms with E-state index >= 15 is 0 Å². The molecule has 1 atom stereocenters. The zero-order valence-corrected chi connectivity index (χ0v) is 11.3. The summed E-state index contributed by atoms with van der Waals surface area (Å²) in [5.74, 6) is 0.139. The minimum Gasteiger partial charge on any atom is -0.259 e. The first kappa shape index (κ1) is 15.3. The van der Waals surface area contributed by atoms with E-state index in [9.17, 15) is 13.2 Å². The van der Waals surface area contributed by atoms with E-state index in [-0.39, 0.29) is 10.9 Å². The fraction of sp³-hybridized carbons (Fsp3) is 0.615. The van der Waals surface area contributed by atoms with Crippen molar-refractivity contribution in [2.24, 2.45) is 0 Å². The van der Waals surface area contributed by atoms with Crippen molar-refractivity contribution in [2.45, 2.75) is 51.6 Å². The van der Waals surface area contributed by atoms with Crippen LogP contribution < -0.4 is 0 Å². The van der Waals surface area contributed by atoms with Gasteiger partial charge in [0.25, 0.3) is 0 Å². The lowest BCUT2D eigenvalue weighted by atomic mass is 9.95. The normalized spacial score (nSPS) is 13.7. The van der Waals surface area contributed by atoms with E-state index in [1.807, 2.05) is 6.92 Å². The predicted octanol–water partition coefficient (Wildman–Crippen LogP) is 5.44. The highest BCUT2D eigenvalue weighted by Crippen LogP contribution is 2.34. The van der Waals surface area contributed by atoms with Crippen LogP contribution in [0.1, 0.15) is 56.7 Å². The summed E-state index contributed by atoms with van der Waals surface area (Å²) >= 11 is 5.93. The van der Waals surface area contributed by atoms with Crippen molar-refractivity contribution >= 4 is 11.6 Å². The summed E-state index contributed by atoms with van der Waals surface area (Å²) in [5, 5.41) is 0.118. The highest BCUT2D eigenvalue weighted by atomic mass is 35.5. The van der Waals surface area contributed by atoms with Gasteiger partial charge >= 0.3 is 6.18 Å². The molecular weight excluding hydrogens is 263 g/mol. The lowest BCUT2D eigenvalue weighted by Gasteiger charge is -2.16. The molecule has 0 spiro atoms. The molecule has 0 saturated heterocycles. The summed E-state index contributed by atoms with van der Waals surface area (Å²) in [6, 6.07) is 0.971. The standard InChI is InChI=1S/C13H17ClF3N/c1-3-5-6-9(4-2)12-11(14)7-10(8-18-12)13(15,16)17/h7-9H,3-6H2,1-2H3. The Bertz CT molecular complexity index is 390. The Balaban J connectivity index is 2.96. The van der Waals surface area contributed by atoms with Crippen molar-refractivity contribution in [1.82, 2.24) is 4.98 Å².